The highest BCUT2D eigenvalue weighted by Gasteiger charge is 2.28. The van der Waals surface area contributed by atoms with E-state index < -0.39 is 0 Å². The van der Waals surface area contributed by atoms with E-state index in [1.807, 2.05) is 18.0 Å². The van der Waals surface area contributed by atoms with E-state index in [-0.39, 0.29) is 23.8 Å². The molecule has 1 aliphatic heterocycles. The normalized spacial score (nSPS) is 20.7. The third kappa shape index (κ3) is 3.56. The minimum Gasteiger partial charge on any atom is -0.355 e. The summed E-state index contributed by atoms with van der Waals surface area (Å²) in [5, 5.41) is 4.82. The van der Waals surface area contributed by atoms with Gasteiger partial charge in [-0.1, -0.05) is 6.07 Å². The van der Waals surface area contributed by atoms with Crippen molar-refractivity contribution >= 4 is 23.2 Å². The van der Waals surface area contributed by atoms with Crippen LogP contribution in [0, 0.1) is 5.92 Å². The van der Waals surface area contributed by atoms with Crippen molar-refractivity contribution in [3.8, 4) is 0 Å². The maximum Gasteiger partial charge on any atom is 0.227 e. The molecule has 2 heterocycles. The summed E-state index contributed by atoms with van der Waals surface area (Å²) in [5.41, 5.74) is 0. The minimum atomic E-state index is -0.0616. The standard InChI is InChI=1S/C14H20N2O2S/c1-10(8-12-4-3-7-19-12)16(2)14(18)11-5-6-13(17)15-9-11/h3-4,7,10-11H,5-6,8-9H2,1-2H3,(H,15,17). The lowest BCUT2D eigenvalue weighted by Crippen LogP contribution is -2.46. The van der Waals surface area contributed by atoms with Crippen molar-refractivity contribution in [1.82, 2.24) is 10.2 Å². The number of amides is 2. The van der Waals surface area contributed by atoms with Gasteiger partial charge in [0.1, 0.15) is 0 Å². The van der Waals surface area contributed by atoms with Gasteiger partial charge in [-0.2, -0.15) is 0 Å². The Morgan fingerprint density at radius 1 is 1.63 bits per heavy atom. The Morgan fingerprint density at radius 2 is 2.42 bits per heavy atom. The third-order valence-electron chi connectivity index (χ3n) is 3.70. The van der Waals surface area contributed by atoms with Crippen LogP contribution in [0.5, 0.6) is 0 Å². The summed E-state index contributed by atoms with van der Waals surface area (Å²) in [4.78, 5) is 26.6. The molecule has 5 heteroatoms. The minimum absolute atomic E-state index is 0.0540. The van der Waals surface area contributed by atoms with Crippen LogP contribution in [-0.4, -0.2) is 36.3 Å². The molecule has 0 aliphatic carbocycles. The van der Waals surface area contributed by atoms with Gasteiger partial charge in [0, 0.05) is 37.4 Å². The zero-order chi connectivity index (χ0) is 13.8. The van der Waals surface area contributed by atoms with Crippen molar-refractivity contribution in [2.24, 2.45) is 5.92 Å². The highest BCUT2D eigenvalue weighted by Crippen LogP contribution is 2.18. The molecule has 2 amide bonds. The molecular weight excluding hydrogens is 260 g/mol. The van der Waals surface area contributed by atoms with Crippen LogP contribution in [0.4, 0.5) is 0 Å². The van der Waals surface area contributed by atoms with Crippen LogP contribution >= 0.6 is 11.3 Å². The van der Waals surface area contributed by atoms with E-state index in [4.69, 9.17) is 0 Å². The van der Waals surface area contributed by atoms with Crippen LogP contribution in [0.1, 0.15) is 24.6 Å². The molecule has 1 saturated heterocycles. The number of nitrogens with one attached hydrogen (secondary N) is 1. The van der Waals surface area contributed by atoms with Crippen molar-refractivity contribution in [2.45, 2.75) is 32.2 Å². The molecule has 1 N–H and O–H groups in total. The molecule has 104 valence electrons. The maximum absolute atomic E-state index is 12.4. The van der Waals surface area contributed by atoms with E-state index in [0.717, 1.165) is 6.42 Å². The highest BCUT2D eigenvalue weighted by atomic mass is 32.1. The van der Waals surface area contributed by atoms with Crippen molar-refractivity contribution in [1.29, 1.82) is 0 Å². The number of hydrogen-bond donors (Lipinski definition) is 1. The number of rotatable bonds is 4. The van der Waals surface area contributed by atoms with Crippen LogP contribution in [0.15, 0.2) is 17.5 Å². The van der Waals surface area contributed by atoms with Gasteiger partial charge in [0.15, 0.2) is 0 Å². The fourth-order valence-corrected chi connectivity index (χ4v) is 3.13. The molecular formula is C14H20N2O2S. The molecule has 1 fully saturated rings. The molecule has 2 unspecified atom stereocenters. The zero-order valence-electron chi connectivity index (χ0n) is 11.4. The first-order valence-corrected chi connectivity index (χ1v) is 7.51. The average Bonchev–Trinajstić information content (AvgIpc) is 2.90. The Morgan fingerprint density at radius 3 is 3.00 bits per heavy atom. The summed E-state index contributed by atoms with van der Waals surface area (Å²) >= 11 is 1.72. The smallest absolute Gasteiger partial charge is 0.227 e. The Labute approximate surface area is 117 Å². The van der Waals surface area contributed by atoms with Gasteiger partial charge in [0.2, 0.25) is 11.8 Å². The number of thiophene rings is 1. The molecule has 1 aromatic heterocycles. The molecule has 0 bridgehead atoms. The van der Waals surface area contributed by atoms with Crippen molar-refractivity contribution < 1.29 is 9.59 Å². The number of piperidine rings is 1. The summed E-state index contributed by atoms with van der Waals surface area (Å²) in [6.07, 6.45) is 2.02. The first kappa shape index (κ1) is 14.1. The van der Waals surface area contributed by atoms with Gasteiger partial charge in [0.25, 0.3) is 0 Å². The molecule has 0 aromatic carbocycles. The first-order valence-electron chi connectivity index (χ1n) is 6.63. The van der Waals surface area contributed by atoms with Gasteiger partial charge in [-0.05, 0) is 24.8 Å². The van der Waals surface area contributed by atoms with E-state index >= 15 is 0 Å². The fraction of sp³-hybridized carbons (Fsp3) is 0.571. The lowest BCUT2D eigenvalue weighted by molar-refractivity contribution is -0.137. The van der Waals surface area contributed by atoms with E-state index in [9.17, 15) is 9.59 Å². The Kier molecular flexibility index (Phi) is 4.58. The van der Waals surface area contributed by atoms with Crippen LogP contribution in [0.25, 0.3) is 0 Å². The number of hydrogen-bond acceptors (Lipinski definition) is 3. The second-order valence-electron chi connectivity index (χ2n) is 5.12. The predicted molar refractivity (Wildman–Crippen MR) is 76.0 cm³/mol. The van der Waals surface area contributed by atoms with Crippen molar-refractivity contribution in [2.75, 3.05) is 13.6 Å². The Bertz CT molecular complexity index is 434. The topological polar surface area (TPSA) is 49.4 Å². The lowest BCUT2D eigenvalue weighted by atomic mass is 9.97. The van der Waals surface area contributed by atoms with Crippen molar-refractivity contribution in [3.63, 3.8) is 0 Å². The molecule has 2 atom stereocenters. The van der Waals surface area contributed by atoms with E-state index in [0.29, 0.717) is 19.4 Å². The molecule has 4 nitrogen and oxygen atoms in total. The monoisotopic (exact) mass is 280 g/mol. The van der Waals surface area contributed by atoms with Crippen molar-refractivity contribution in [3.05, 3.63) is 22.4 Å². The van der Waals surface area contributed by atoms with E-state index in [1.165, 1.54) is 4.88 Å². The fourth-order valence-electron chi connectivity index (χ4n) is 2.31. The largest absolute Gasteiger partial charge is 0.355 e. The van der Waals surface area contributed by atoms with Gasteiger partial charge in [-0.25, -0.2) is 0 Å². The number of nitrogens with zero attached hydrogens (tertiary/aromatic N) is 1. The van der Waals surface area contributed by atoms with E-state index in [1.54, 1.807) is 11.3 Å². The van der Waals surface area contributed by atoms with Gasteiger partial charge in [-0.3, -0.25) is 9.59 Å². The van der Waals surface area contributed by atoms with E-state index in [2.05, 4.69) is 23.7 Å². The summed E-state index contributed by atoms with van der Waals surface area (Å²) in [5.74, 6) is 0.135. The average molecular weight is 280 g/mol. The SMILES string of the molecule is CC(Cc1cccs1)N(C)C(=O)C1CCC(=O)NC1. The van der Waals surface area contributed by atoms with Crippen LogP contribution in [0.3, 0.4) is 0 Å². The number of carbonyl (C=O) groups is 2. The molecule has 1 aromatic rings. The predicted octanol–water partition coefficient (Wildman–Crippen LogP) is 1.66. The summed E-state index contributed by atoms with van der Waals surface area (Å²) in [6, 6.07) is 4.31. The molecule has 1 aliphatic rings. The van der Waals surface area contributed by atoms with Crippen LogP contribution in [-0.2, 0) is 16.0 Å². The van der Waals surface area contributed by atoms with Gasteiger partial charge in [-0.15, -0.1) is 11.3 Å². The highest BCUT2D eigenvalue weighted by molar-refractivity contribution is 7.09. The molecule has 0 saturated carbocycles. The summed E-state index contributed by atoms with van der Waals surface area (Å²) in [7, 11) is 1.86. The van der Waals surface area contributed by atoms with Crippen LogP contribution in [0.2, 0.25) is 0 Å². The quantitative estimate of drug-likeness (QED) is 0.912. The van der Waals surface area contributed by atoms with Gasteiger partial charge < -0.3 is 10.2 Å². The summed E-state index contributed by atoms with van der Waals surface area (Å²) in [6.45, 7) is 2.55. The Hall–Kier alpha value is -1.36. The molecule has 0 radical (unpaired) electrons. The lowest BCUT2D eigenvalue weighted by Gasteiger charge is -2.30. The van der Waals surface area contributed by atoms with Gasteiger partial charge in [0.05, 0.1) is 5.92 Å². The Balaban J connectivity index is 1.89. The first-order chi connectivity index (χ1) is 9.08. The molecule has 0 spiro atoms. The zero-order valence-corrected chi connectivity index (χ0v) is 12.2. The molecule has 19 heavy (non-hydrogen) atoms. The third-order valence-corrected chi connectivity index (χ3v) is 4.60. The van der Waals surface area contributed by atoms with Gasteiger partial charge >= 0.3 is 0 Å². The molecule has 2 rings (SSSR count). The second-order valence-corrected chi connectivity index (χ2v) is 6.15. The maximum atomic E-state index is 12.4. The number of likely N-dealkylation sites (N-methyl/N-ethyl adjacent to an activating group) is 1. The summed E-state index contributed by atoms with van der Waals surface area (Å²) < 4.78 is 0. The number of carbonyl (C=O) groups excluding carboxylic acids is 2. The second kappa shape index (κ2) is 6.19. The van der Waals surface area contributed by atoms with Crippen LogP contribution < -0.4 is 5.32 Å².